The minimum absolute atomic E-state index is 0.0610. The molecule has 0 spiro atoms. The Morgan fingerprint density at radius 1 is 1.25 bits per heavy atom. The number of nitrogens with one attached hydrogen (secondary N) is 1. The van der Waals surface area contributed by atoms with Crippen molar-refractivity contribution in [3.63, 3.8) is 0 Å². The number of aromatic nitrogens is 4. The summed E-state index contributed by atoms with van der Waals surface area (Å²) in [5, 5.41) is 29.5. The lowest BCUT2D eigenvalue weighted by Crippen LogP contribution is -2.34. The number of hydrogen-bond donors (Lipinski definition) is 4. The minimum atomic E-state index is -1.49. The molecule has 1 saturated heterocycles. The van der Waals surface area contributed by atoms with Gasteiger partial charge in [-0.2, -0.15) is 4.98 Å². The third kappa shape index (κ3) is 2.90. The summed E-state index contributed by atoms with van der Waals surface area (Å²) in [6.07, 6.45) is -4.13. The van der Waals surface area contributed by atoms with Crippen LogP contribution in [0, 0.1) is 6.92 Å². The Hall–Kier alpha value is -3.00. The molecule has 0 radical (unpaired) electrons. The highest BCUT2D eigenvalue weighted by atomic mass is 16.6. The van der Waals surface area contributed by atoms with Crippen LogP contribution >= 0.6 is 0 Å². The number of hydrogen-bond acceptors (Lipinski definition) is 11. The number of aliphatic hydroxyl groups excluding tert-OH is 3. The second-order valence-corrected chi connectivity index (χ2v) is 6.13. The number of aromatic amines is 1. The van der Waals surface area contributed by atoms with Crippen molar-refractivity contribution in [2.45, 2.75) is 38.1 Å². The molecule has 0 aliphatic carbocycles. The van der Waals surface area contributed by atoms with Crippen molar-refractivity contribution in [3.05, 3.63) is 38.9 Å². The lowest BCUT2D eigenvalue weighted by molar-refractivity contribution is -0.0524. The lowest BCUT2D eigenvalue weighted by Gasteiger charge is -2.17. The smallest absolute Gasteiger partial charge is 0.468 e. The largest absolute Gasteiger partial charge is 0.519 e. The number of aryl methyl sites for hydroxylation is 1. The summed E-state index contributed by atoms with van der Waals surface area (Å²) in [6.45, 7) is 0.744. The molecule has 4 atom stereocenters. The molecule has 4 N–H and O–H groups in total. The standard InChI is InChI=1S/C15H16N4O9/c1-5-7(28-15(24)26-5)3-25-12-8-11(16-4-17-12)18-14(23)19(8)13-10(22)9(21)6(2-20)27-13/h4,6,9-10,13,20-22H,2-3H2,1H3,(H,16,17,18,23)/t6-,9-,10-,13?/m1/s1. The second kappa shape index (κ2) is 6.87. The highest BCUT2D eigenvalue weighted by molar-refractivity contribution is 5.76. The minimum Gasteiger partial charge on any atom is -0.468 e. The van der Waals surface area contributed by atoms with E-state index in [1.807, 2.05) is 0 Å². The number of H-pyrrole nitrogens is 1. The third-order valence-corrected chi connectivity index (χ3v) is 4.42. The SMILES string of the molecule is Cc1oc(=O)oc1COc1ncnc2[nH]c(=O)n(C3O[C@H](CO)[C@@H](O)[C@H]3O)c12. The van der Waals surface area contributed by atoms with E-state index in [1.54, 1.807) is 0 Å². The molecule has 3 aromatic rings. The first-order valence-corrected chi connectivity index (χ1v) is 8.20. The van der Waals surface area contributed by atoms with Crippen molar-refractivity contribution in [1.29, 1.82) is 0 Å². The van der Waals surface area contributed by atoms with Gasteiger partial charge in [-0.15, -0.1) is 0 Å². The highest BCUT2D eigenvalue weighted by Crippen LogP contribution is 2.32. The van der Waals surface area contributed by atoms with E-state index in [9.17, 15) is 24.9 Å². The number of ether oxygens (including phenoxy) is 2. The van der Waals surface area contributed by atoms with E-state index < -0.39 is 42.7 Å². The molecule has 3 aromatic heterocycles. The van der Waals surface area contributed by atoms with Crippen molar-refractivity contribution in [3.8, 4) is 5.88 Å². The average Bonchev–Trinajstić information content (AvgIpc) is 3.26. The Morgan fingerprint density at radius 3 is 2.68 bits per heavy atom. The molecule has 1 aliphatic heterocycles. The number of imidazole rings is 1. The molecular formula is C15H16N4O9. The third-order valence-electron chi connectivity index (χ3n) is 4.42. The summed E-state index contributed by atoms with van der Waals surface area (Å²) in [5.74, 6) is -0.585. The number of rotatable bonds is 5. The van der Waals surface area contributed by atoms with E-state index in [0.717, 1.165) is 10.9 Å². The molecular weight excluding hydrogens is 380 g/mol. The van der Waals surface area contributed by atoms with Gasteiger partial charge in [0.15, 0.2) is 35.5 Å². The first-order valence-electron chi connectivity index (χ1n) is 8.20. The predicted octanol–water partition coefficient (Wildman–Crippen LogP) is -1.84. The molecule has 0 aromatic carbocycles. The molecule has 13 heteroatoms. The van der Waals surface area contributed by atoms with Crippen LogP contribution in [0.15, 0.2) is 24.8 Å². The zero-order valence-electron chi connectivity index (χ0n) is 14.4. The van der Waals surface area contributed by atoms with Gasteiger partial charge < -0.3 is 33.6 Å². The fourth-order valence-corrected chi connectivity index (χ4v) is 3.02. The molecule has 1 unspecified atom stereocenters. The van der Waals surface area contributed by atoms with Crippen LogP contribution in [-0.2, 0) is 11.3 Å². The van der Waals surface area contributed by atoms with Crippen molar-refractivity contribution in [2.24, 2.45) is 0 Å². The van der Waals surface area contributed by atoms with Crippen molar-refractivity contribution < 1.29 is 33.6 Å². The Balaban J connectivity index is 1.74. The summed E-state index contributed by atoms with van der Waals surface area (Å²) in [5.41, 5.74) is -0.537. The van der Waals surface area contributed by atoms with Crippen LogP contribution < -0.4 is 16.2 Å². The Labute approximate surface area is 154 Å². The quantitative estimate of drug-likeness (QED) is 0.380. The number of aliphatic hydroxyl groups is 3. The van der Waals surface area contributed by atoms with Crippen LogP contribution in [0.2, 0.25) is 0 Å². The summed E-state index contributed by atoms with van der Waals surface area (Å²) in [6, 6.07) is 0. The maximum absolute atomic E-state index is 12.4. The first kappa shape index (κ1) is 18.4. The molecule has 0 bridgehead atoms. The molecule has 0 saturated carbocycles. The monoisotopic (exact) mass is 396 g/mol. The van der Waals surface area contributed by atoms with Gasteiger partial charge in [0.1, 0.15) is 24.6 Å². The van der Waals surface area contributed by atoms with Crippen molar-refractivity contribution in [1.82, 2.24) is 19.5 Å². The molecule has 28 heavy (non-hydrogen) atoms. The van der Waals surface area contributed by atoms with Gasteiger partial charge >= 0.3 is 11.5 Å². The molecule has 0 amide bonds. The topological polar surface area (TPSA) is 186 Å². The summed E-state index contributed by atoms with van der Waals surface area (Å²) < 4.78 is 21.6. The van der Waals surface area contributed by atoms with Gasteiger partial charge in [-0.1, -0.05) is 0 Å². The zero-order valence-corrected chi connectivity index (χ0v) is 14.4. The van der Waals surface area contributed by atoms with Crippen LogP contribution in [0.4, 0.5) is 0 Å². The van der Waals surface area contributed by atoms with E-state index in [1.165, 1.54) is 6.92 Å². The predicted molar refractivity (Wildman–Crippen MR) is 87.5 cm³/mol. The molecule has 4 rings (SSSR count). The normalized spacial score (nSPS) is 24.9. The van der Waals surface area contributed by atoms with Crippen LogP contribution in [0.25, 0.3) is 11.2 Å². The fourth-order valence-electron chi connectivity index (χ4n) is 3.02. The molecule has 150 valence electrons. The van der Waals surface area contributed by atoms with Crippen LogP contribution in [-0.4, -0.2) is 59.8 Å². The van der Waals surface area contributed by atoms with Gasteiger partial charge in [0, 0.05) is 0 Å². The lowest BCUT2D eigenvalue weighted by atomic mass is 10.1. The Kier molecular flexibility index (Phi) is 4.50. The van der Waals surface area contributed by atoms with E-state index in [2.05, 4.69) is 15.0 Å². The molecule has 13 nitrogen and oxygen atoms in total. The number of nitrogens with zero attached hydrogens (tertiary/aromatic N) is 3. The van der Waals surface area contributed by atoms with Crippen LogP contribution in [0.1, 0.15) is 17.7 Å². The number of fused-ring (bicyclic) bond motifs is 1. The maximum Gasteiger partial charge on any atom is 0.519 e. The van der Waals surface area contributed by atoms with Gasteiger partial charge in [0.25, 0.3) is 0 Å². The fraction of sp³-hybridized carbons (Fsp3) is 0.467. The van der Waals surface area contributed by atoms with E-state index in [4.69, 9.17) is 18.3 Å². The van der Waals surface area contributed by atoms with Gasteiger partial charge in [-0.05, 0) is 6.92 Å². The average molecular weight is 396 g/mol. The Morgan fingerprint density at radius 2 is 2.04 bits per heavy atom. The van der Waals surface area contributed by atoms with Gasteiger partial charge in [-0.25, -0.2) is 14.6 Å². The van der Waals surface area contributed by atoms with Crippen molar-refractivity contribution >= 4 is 11.2 Å². The molecule has 4 heterocycles. The second-order valence-electron chi connectivity index (χ2n) is 6.13. The van der Waals surface area contributed by atoms with Crippen LogP contribution in [0.5, 0.6) is 5.88 Å². The van der Waals surface area contributed by atoms with Gasteiger partial charge in [-0.3, -0.25) is 9.55 Å². The van der Waals surface area contributed by atoms with Gasteiger partial charge in [0.05, 0.1) is 6.61 Å². The maximum atomic E-state index is 12.4. The summed E-state index contributed by atoms with van der Waals surface area (Å²) in [4.78, 5) is 34.0. The molecule has 1 fully saturated rings. The van der Waals surface area contributed by atoms with Crippen LogP contribution in [0.3, 0.4) is 0 Å². The zero-order chi connectivity index (χ0) is 20.0. The highest BCUT2D eigenvalue weighted by Gasteiger charge is 2.45. The molecule has 1 aliphatic rings. The van der Waals surface area contributed by atoms with E-state index in [-0.39, 0.29) is 35.2 Å². The van der Waals surface area contributed by atoms with Gasteiger partial charge in [0.2, 0.25) is 5.88 Å². The first-order chi connectivity index (χ1) is 13.4. The Bertz CT molecular complexity index is 1110. The summed E-state index contributed by atoms with van der Waals surface area (Å²) in [7, 11) is 0. The summed E-state index contributed by atoms with van der Waals surface area (Å²) >= 11 is 0. The van der Waals surface area contributed by atoms with E-state index >= 15 is 0 Å². The van der Waals surface area contributed by atoms with E-state index in [0.29, 0.717) is 0 Å². The van der Waals surface area contributed by atoms with Crippen molar-refractivity contribution in [2.75, 3.05) is 6.61 Å².